The molecule has 0 bridgehead atoms. The van der Waals surface area contributed by atoms with Crippen LogP contribution in [0.1, 0.15) is 5.56 Å². The normalized spacial score (nSPS) is 10.6. The Morgan fingerprint density at radius 3 is 2.55 bits per heavy atom. The Bertz CT molecular complexity index is 760. The molecule has 0 aliphatic heterocycles. The molecule has 2 aromatic rings. The first-order chi connectivity index (χ1) is 10.5. The van der Waals surface area contributed by atoms with Crippen molar-refractivity contribution in [3.63, 3.8) is 0 Å². The van der Waals surface area contributed by atoms with Gasteiger partial charge in [-0.15, -0.1) is 0 Å². The Morgan fingerprint density at radius 2 is 1.86 bits per heavy atom. The lowest BCUT2D eigenvalue weighted by atomic mass is 10.1. The molecule has 0 radical (unpaired) electrons. The van der Waals surface area contributed by atoms with E-state index in [4.69, 9.17) is 0 Å². The number of benzene rings is 2. The average Bonchev–Trinajstić information content (AvgIpc) is 2.49. The van der Waals surface area contributed by atoms with Crippen LogP contribution in [0.25, 0.3) is 6.08 Å². The monoisotopic (exact) mass is 304 g/mol. The van der Waals surface area contributed by atoms with Crippen LogP contribution in [0.2, 0.25) is 0 Å². The SMILES string of the molecule is O=C(/C=C/c1ccccc1[N+](=O)[O-])Nc1ccc(F)c(F)c1. The summed E-state index contributed by atoms with van der Waals surface area (Å²) in [5.41, 5.74) is 0.198. The molecule has 7 heteroatoms. The van der Waals surface area contributed by atoms with Gasteiger partial charge in [0.25, 0.3) is 5.69 Å². The van der Waals surface area contributed by atoms with Crippen LogP contribution in [0.15, 0.2) is 48.5 Å². The van der Waals surface area contributed by atoms with Crippen molar-refractivity contribution < 1.29 is 18.5 Å². The van der Waals surface area contributed by atoms with Gasteiger partial charge in [-0.3, -0.25) is 14.9 Å². The number of nitrogens with one attached hydrogen (secondary N) is 1. The number of rotatable bonds is 4. The minimum absolute atomic E-state index is 0.0797. The number of carbonyl (C=O) groups is 1. The lowest BCUT2D eigenvalue weighted by molar-refractivity contribution is -0.385. The van der Waals surface area contributed by atoms with Crippen LogP contribution in [-0.4, -0.2) is 10.8 Å². The molecule has 1 amide bonds. The summed E-state index contributed by atoms with van der Waals surface area (Å²) in [5, 5.41) is 13.1. The molecule has 0 spiro atoms. The lowest BCUT2D eigenvalue weighted by Crippen LogP contribution is -2.08. The lowest BCUT2D eigenvalue weighted by Gasteiger charge is -2.02. The van der Waals surface area contributed by atoms with E-state index < -0.39 is 22.5 Å². The quantitative estimate of drug-likeness (QED) is 0.533. The van der Waals surface area contributed by atoms with Crippen molar-refractivity contribution in [2.45, 2.75) is 0 Å². The molecule has 0 aliphatic rings. The van der Waals surface area contributed by atoms with E-state index in [9.17, 15) is 23.7 Å². The number of anilines is 1. The number of para-hydroxylation sites is 1. The molecule has 0 heterocycles. The van der Waals surface area contributed by atoms with Crippen LogP contribution < -0.4 is 5.32 Å². The first-order valence-corrected chi connectivity index (χ1v) is 6.15. The van der Waals surface area contributed by atoms with E-state index in [0.29, 0.717) is 0 Å². The molecule has 22 heavy (non-hydrogen) atoms. The molecule has 0 saturated heterocycles. The van der Waals surface area contributed by atoms with Gasteiger partial charge < -0.3 is 5.32 Å². The third-order valence-corrected chi connectivity index (χ3v) is 2.73. The second-order valence-electron chi connectivity index (χ2n) is 4.27. The number of carbonyl (C=O) groups excluding carboxylic acids is 1. The first kappa shape index (κ1) is 15.3. The zero-order chi connectivity index (χ0) is 16.1. The number of nitro groups is 1. The zero-order valence-electron chi connectivity index (χ0n) is 11.1. The number of nitro benzene ring substituents is 1. The summed E-state index contributed by atoms with van der Waals surface area (Å²) in [6.07, 6.45) is 2.34. The Kier molecular flexibility index (Phi) is 4.57. The number of hydrogen-bond donors (Lipinski definition) is 1. The van der Waals surface area contributed by atoms with E-state index in [1.807, 2.05) is 0 Å². The van der Waals surface area contributed by atoms with Gasteiger partial charge in [-0.05, 0) is 24.3 Å². The van der Waals surface area contributed by atoms with Gasteiger partial charge in [0.1, 0.15) is 0 Å². The molecule has 0 fully saturated rings. The Morgan fingerprint density at radius 1 is 1.14 bits per heavy atom. The van der Waals surface area contributed by atoms with Gasteiger partial charge in [0.2, 0.25) is 5.91 Å². The average molecular weight is 304 g/mol. The molecular formula is C15H10F2N2O3. The van der Waals surface area contributed by atoms with Crippen molar-refractivity contribution in [3.8, 4) is 0 Å². The first-order valence-electron chi connectivity index (χ1n) is 6.15. The van der Waals surface area contributed by atoms with E-state index in [1.54, 1.807) is 6.07 Å². The van der Waals surface area contributed by atoms with Crippen LogP contribution in [0.4, 0.5) is 20.2 Å². The van der Waals surface area contributed by atoms with Crippen molar-refractivity contribution in [1.82, 2.24) is 0 Å². The minimum atomic E-state index is -1.08. The third kappa shape index (κ3) is 3.72. The minimum Gasteiger partial charge on any atom is -0.322 e. The van der Waals surface area contributed by atoms with Crippen LogP contribution in [0, 0.1) is 21.7 Å². The van der Waals surface area contributed by atoms with Gasteiger partial charge in [0.05, 0.1) is 10.5 Å². The van der Waals surface area contributed by atoms with E-state index >= 15 is 0 Å². The predicted octanol–water partition coefficient (Wildman–Crippen LogP) is 3.52. The molecule has 0 saturated carbocycles. The molecule has 5 nitrogen and oxygen atoms in total. The fraction of sp³-hybridized carbons (Fsp3) is 0. The highest BCUT2D eigenvalue weighted by molar-refractivity contribution is 6.02. The highest BCUT2D eigenvalue weighted by Gasteiger charge is 2.10. The van der Waals surface area contributed by atoms with Crippen molar-refractivity contribution in [1.29, 1.82) is 0 Å². The predicted molar refractivity (Wildman–Crippen MR) is 77.1 cm³/mol. The summed E-state index contributed by atoms with van der Waals surface area (Å²) in [5.74, 6) is -2.72. The molecule has 2 rings (SSSR count). The second-order valence-corrected chi connectivity index (χ2v) is 4.27. The Balaban J connectivity index is 2.12. The van der Waals surface area contributed by atoms with Gasteiger partial charge in [-0.25, -0.2) is 8.78 Å². The summed E-state index contributed by atoms with van der Waals surface area (Å²) in [4.78, 5) is 21.9. The van der Waals surface area contributed by atoms with Crippen molar-refractivity contribution >= 4 is 23.4 Å². The van der Waals surface area contributed by atoms with E-state index in [0.717, 1.165) is 18.2 Å². The van der Waals surface area contributed by atoms with Crippen LogP contribution in [0.5, 0.6) is 0 Å². The van der Waals surface area contributed by atoms with Crippen LogP contribution >= 0.6 is 0 Å². The highest BCUT2D eigenvalue weighted by atomic mass is 19.2. The second kappa shape index (κ2) is 6.57. The van der Waals surface area contributed by atoms with Crippen LogP contribution in [-0.2, 0) is 4.79 Å². The Labute approximate surface area is 124 Å². The van der Waals surface area contributed by atoms with Crippen molar-refractivity contribution in [3.05, 3.63) is 75.9 Å². The van der Waals surface area contributed by atoms with Gasteiger partial charge >= 0.3 is 0 Å². The molecule has 112 valence electrons. The molecule has 0 unspecified atom stereocenters. The van der Waals surface area contributed by atoms with Crippen molar-refractivity contribution in [2.75, 3.05) is 5.32 Å². The number of nitrogens with zero attached hydrogens (tertiary/aromatic N) is 1. The van der Waals surface area contributed by atoms with E-state index in [1.165, 1.54) is 30.3 Å². The standard InChI is InChI=1S/C15H10F2N2O3/c16-12-7-6-11(9-13(12)17)18-15(20)8-5-10-3-1-2-4-14(10)19(21)22/h1-9H,(H,18,20)/b8-5+. The molecular weight excluding hydrogens is 294 g/mol. The highest BCUT2D eigenvalue weighted by Crippen LogP contribution is 2.19. The third-order valence-electron chi connectivity index (χ3n) is 2.73. The number of hydrogen-bond acceptors (Lipinski definition) is 3. The largest absolute Gasteiger partial charge is 0.322 e. The van der Waals surface area contributed by atoms with Gasteiger partial charge in [-0.1, -0.05) is 12.1 Å². The van der Waals surface area contributed by atoms with Gasteiger partial charge in [0, 0.05) is 23.9 Å². The number of amides is 1. The zero-order valence-corrected chi connectivity index (χ0v) is 11.1. The maximum Gasteiger partial charge on any atom is 0.276 e. The maximum absolute atomic E-state index is 13.0. The fourth-order valence-corrected chi connectivity index (χ4v) is 1.72. The molecule has 0 atom stereocenters. The van der Waals surface area contributed by atoms with E-state index in [-0.39, 0.29) is 16.9 Å². The van der Waals surface area contributed by atoms with Crippen LogP contribution in [0.3, 0.4) is 0 Å². The number of halogens is 2. The van der Waals surface area contributed by atoms with Gasteiger partial charge in [-0.2, -0.15) is 0 Å². The summed E-state index contributed by atoms with van der Waals surface area (Å²) in [7, 11) is 0. The topological polar surface area (TPSA) is 72.2 Å². The van der Waals surface area contributed by atoms with Gasteiger partial charge in [0.15, 0.2) is 11.6 Å². The fourth-order valence-electron chi connectivity index (χ4n) is 1.72. The summed E-state index contributed by atoms with van der Waals surface area (Å²) in [6.45, 7) is 0. The summed E-state index contributed by atoms with van der Waals surface area (Å²) in [6, 6.07) is 8.83. The summed E-state index contributed by atoms with van der Waals surface area (Å²) < 4.78 is 25.8. The Hall–Kier alpha value is -3.09. The van der Waals surface area contributed by atoms with E-state index in [2.05, 4.69) is 5.32 Å². The molecule has 2 aromatic carbocycles. The maximum atomic E-state index is 13.0. The van der Waals surface area contributed by atoms with Crippen molar-refractivity contribution in [2.24, 2.45) is 0 Å². The summed E-state index contributed by atoms with van der Waals surface area (Å²) >= 11 is 0. The molecule has 0 aliphatic carbocycles. The smallest absolute Gasteiger partial charge is 0.276 e. The molecule has 0 aromatic heterocycles. The molecule has 1 N–H and O–H groups in total.